The molecule has 0 bridgehead atoms. The van der Waals surface area contributed by atoms with Crippen molar-refractivity contribution in [1.82, 2.24) is 4.90 Å². The summed E-state index contributed by atoms with van der Waals surface area (Å²) >= 11 is 0. The number of anilines is 2. The molecule has 1 aliphatic rings. The fraction of sp³-hybridized carbons (Fsp3) is 0.304. The van der Waals surface area contributed by atoms with Crippen molar-refractivity contribution in [2.75, 3.05) is 50.1 Å². The van der Waals surface area contributed by atoms with Gasteiger partial charge in [0.1, 0.15) is 0 Å². The summed E-state index contributed by atoms with van der Waals surface area (Å²) in [5, 5.41) is 13.8. The van der Waals surface area contributed by atoms with E-state index in [-0.39, 0.29) is 5.69 Å². The number of ether oxygens (including phenoxy) is 1. The Balaban J connectivity index is 1.81. The standard InChI is InChI=1S/C23H26N4O5/c1-3-25-11-13-26(14-12-25)21-9-8-18(23(29)32-2)16-20(21)24-22(28)10-7-17-5-4-6-19(15-17)27(30)31/h4-10,15-16H,3,11-14H2,1-2H3,(H,24,28). The largest absolute Gasteiger partial charge is 0.465 e. The van der Waals surface area contributed by atoms with Gasteiger partial charge in [0, 0.05) is 44.4 Å². The maximum absolute atomic E-state index is 12.6. The number of amides is 1. The highest BCUT2D eigenvalue weighted by molar-refractivity contribution is 6.05. The molecule has 168 valence electrons. The van der Waals surface area contributed by atoms with Gasteiger partial charge in [0.25, 0.3) is 5.69 Å². The number of nitrogens with zero attached hydrogens (tertiary/aromatic N) is 3. The van der Waals surface area contributed by atoms with Crippen LogP contribution in [-0.2, 0) is 9.53 Å². The van der Waals surface area contributed by atoms with E-state index >= 15 is 0 Å². The summed E-state index contributed by atoms with van der Waals surface area (Å²) in [7, 11) is 1.31. The van der Waals surface area contributed by atoms with Gasteiger partial charge in [0.15, 0.2) is 0 Å². The lowest BCUT2D eigenvalue weighted by molar-refractivity contribution is -0.384. The van der Waals surface area contributed by atoms with Crippen molar-refractivity contribution in [2.45, 2.75) is 6.92 Å². The zero-order valence-electron chi connectivity index (χ0n) is 18.1. The molecule has 0 atom stereocenters. The number of hydrogen-bond acceptors (Lipinski definition) is 7. The Morgan fingerprint density at radius 3 is 2.56 bits per heavy atom. The molecule has 0 unspecified atom stereocenters. The van der Waals surface area contributed by atoms with Crippen LogP contribution in [0.1, 0.15) is 22.8 Å². The number of rotatable bonds is 7. The zero-order chi connectivity index (χ0) is 23.1. The normalized spacial score (nSPS) is 14.4. The highest BCUT2D eigenvalue weighted by Gasteiger charge is 2.20. The van der Waals surface area contributed by atoms with E-state index < -0.39 is 16.8 Å². The number of carbonyl (C=O) groups is 2. The maximum Gasteiger partial charge on any atom is 0.337 e. The van der Waals surface area contributed by atoms with Gasteiger partial charge in [-0.1, -0.05) is 19.1 Å². The van der Waals surface area contributed by atoms with Crippen molar-refractivity contribution in [1.29, 1.82) is 0 Å². The van der Waals surface area contributed by atoms with Crippen LogP contribution in [0.25, 0.3) is 6.08 Å². The van der Waals surface area contributed by atoms with Gasteiger partial charge in [-0.15, -0.1) is 0 Å². The smallest absolute Gasteiger partial charge is 0.337 e. The van der Waals surface area contributed by atoms with Crippen LogP contribution < -0.4 is 10.2 Å². The van der Waals surface area contributed by atoms with E-state index in [0.29, 0.717) is 16.8 Å². The molecule has 32 heavy (non-hydrogen) atoms. The fourth-order valence-electron chi connectivity index (χ4n) is 3.55. The number of nitrogens with one attached hydrogen (secondary N) is 1. The third kappa shape index (κ3) is 5.70. The number of hydrogen-bond donors (Lipinski definition) is 1. The molecular weight excluding hydrogens is 412 g/mol. The van der Waals surface area contributed by atoms with Crippen LogP contribution in [-0.4, -0.2) is 61.5 Å². The van der Waals surface area contributed by atoms with Crippen molar-refractivity contribution in [3.8, 4) is 0 Å². The van der Waals surface area contributed by atoms with Gasteiger partial charge < -0.3 is 19.9 Å². The van der Waals surface area contributed by atoms with Crippen LogP contribution in [0.2, 0.25) is 0 Å². The first-order chi connectivity index (χ1) is 15.4. The SMILES string of the molecule is CCN1CCN(c2ccc(C(=O)OC)cc2NC(=O)C=Cc2cccc([N+](=O)[O-])c2)CC1. The quantitative estimate of drug-likeness (QED) is 0.306. The molecule has 2 aromatic rings. The topological polar surface area (TPSA) is 105 Å². The zero-order valence-corrected chi connectivity index (χ0v) is 18.1. The first-order valence-electron chi connectivity index (χ1n) is 10.3. The Hall–Kier alpha value is -3.72. The van der Waals surface area contributed by atoms with E-state index in [1.54, 1.807) is 24.3 Å². The number of methoxy groups -OCH3 is 1. The van der Waals surface area contributed by atoms with E-state index in [4.69, 9.17) is 4.74 Å². The minimum absolute atomic E-state index is 0.0492. The molecule has 0 spiro atoms. The number of carbonyl (C=O) groups excluding carboxylic acids is 2. The van der Waals surface area contributed by atoms with E-state index in [9.17, 15) is 19.7 Å². The fourth-order valence-corrected chi connectivity index (χ4v) is 3.55. The summed E-state index contributed by atoms with van der Waals surface area (Å²) in [5.41, 5.74) is 2.15. The second-order valence-corrected chi connectivity index (χ2v) is 7.32. The summed E-state index contributed by atoms with van der Waals surface area (Å²) in [4.78, 5) is 39.6. The van der Waals surface area contributed by atoms with Gasteiger partial charge in [-0.3, -0.25) is 14.9 Å². The summed E-state index contributed by atoms with van der Waals surface area (Å²) in [6.45, 7) is 6.54. The summed E-state index contributed by atoms with van der Waals surface area (Å²) in [5.74, 6) is -0.901. The van der Waals surface area contributed by atoms with E-state index in [1.165, 1.54) is 31.4 Å². The van der Waals surface area contributed by atoms with Crippen molar-refractivity contribution in [2.24, 2.45) is 0 Å². The van der Waals surface area contributed by atoms with Crippen LogP contribution in [0.15, 0.2) is 48.5 Å². The van der Waals surface area contributed by atoms with E-state index in [2.05, 4.69) is 22.0 Å². The van der Waals surface area contributed by atoms with Crippen LogP contribution in [0.4, 0.5) is 17.1 Å². The lowest BCUT2D eigenvalue weighted by Gasteiger charge is -2.36. The average Bonchev–Trinajstić information content (AvgIpc) is 2.82. The summed E-state index contributed by atoms with van der Waals surface area (Å²) in [6, 6.07) is 11.1. The second kappa shape index (κ2) is 10.5. The first-order valence-corrected chi connectivity index (χ1v) is 10.3. The Morgan fingerprint density at radius 1 is 1.16 bits per heavy atom. The molecule has 1 aliphatic heterocycles. The Morgan fingerprint density at radius 2 is 1.91 bits per heavy atom. The number of nitro groups is 1. The van der Waals surface area contributed by atoms with E-state index in [1.807, 2.05) is 6.07 Å². The van der Waals surface area contributed by atoms with Gasteiger partial charge in [-0.05, 0) is 36.4 Å². The average molecular weight is 438 g/mol. The van der Waals surface area contributed by atoms with Gasteiger partial charge in [0.2, 0.25) is 5.91 Å². The van der Waals surface area contributed by atoms with Crippen molar-refractivity contribution in [3.05, 3.63) is 69.8 Å². The molecule has 9 heteroatoms. The minimum atomic E-state index is -0.491. The van der Waals surface area contributed by atoms with Gasteiger partial charge in [-0.25, -0.2) is 4.79 Å². The molecule has 1 heterocycles. The molecule has 0 aromatic heterocycles. The number of nitro benzene ring substituents is 1. The predicted octanol–water partition coefficient (Wildman–Crippen LogP) is 3.18. The molecule has 1 amide bonds. The highest BCUT2D eigenvalue weighted by atomic mass is 16.6. The second-order valence-electron chi connectivity index (χ2n) is 7.32. The lowest BCUT2D eigenvalue weighted by atomic mass is 10.1. The van der Waals surface area contributed by atoms with Crippen LogP contribution in [0.5, 0.6) is 0 Å². The molecule has 1 N–H and O–H groups in total. The first kappa shape index (κ1) is 23.0. The third-order valence-electron chi connectivity index (χ3n) is 5.34. The molecule has 0 radical (unpaired) electrons. The predicted molar refractivity (Wildman–Crippen MR) is 123 cm³/mol. The Bertz CT molecular complexity index is 1030. The number of benzene rings is 2. The van der Waals surface area contributed by atoms with Crippen molar-refractivity contribution in [3.63, 3.8) is 0 Å². The monoisotopic (exact) mass is 438 g/mol. The minimum Gasteiger partial charge on any atom is -0.465 e. The number of likely N-dealkylation sites (N-methyl/N-ethyl adjacent to an activating group) is 1. The molecular formula is C23H26N4O5. The van der Waals surface area contributed by atoms with Crippen LogP contribution >= 0.6 is 0 Å². The van der Waals surface area contributed by atoms with E-state index in [0.717, 1.165) is 38.4 Å². The molecule has 1 fully saturated rings. The van der Waals surface area contributed by atoms with Gasteiger partial charge in [-0.2, -0.15) is 0 Å². The Kier molecular flexibility index (Phi) is 7.56. The summed E-state index contributed by atoms with van der Waals surface area (Å²) < 4.78 is 4.81. The molecule has 9 nitrogen and oxygen atoms in total. The molecule has 0 saturated carbocycles. The molecule has 2 aromatic carbocycles. The number of non-ortho nitro benzene ring substituents is 1. The molecule has 0 aliphatic carbocycles. The Labute approximate surface area is 186 Å². The van der Waals surface area contributed by atoms with Crippen LogP contribution in [0, 0.1) is 10.1 Å². The van der Waals surface area contributed by atoms with Gasteiger partial charge in [0.05, 0.1) is 29.0 Å². The lowest BCUT2D eigenvalue weighted by Crippen LogP contribution is -2.46. The highest BCUT2D eigenvalue weighted by Crippen LogP contribution is 2.29. The third-order valence-corrected chi connectivity index (χ3v) is 5.34. The summed E-state index contributed by atoms with van der Waals surface area (Å²) in [6.07, 6.45) is 2.81. The van der Waals surface area contributed by atoms with Crippen molar-refractivity contribution < 1.29 is 19.2 Å². The number of piperazine rings is 1. The molecule has 1 saturated heterocycles. The maximum atomic E-state index is 12.6. The van der Waals surface area contributed by atoms with Gasteiger partial charge >= 0.3 is 5.97 Å². The van der Waals surface area contributed by atoms with Crippen LogP contribution in [0.3, 0.4) is 0 Å². The molecule has 3 rings (SSSR count). The number of esters is 1. The van der Waals surface area contributed by atoms with Crippen molar-refractivity contribution >= 4 is 35.0 Å².